The van der Waals surface area contributed by atoms with Crippen molar-refractivity contribution in [3.63, 3.8) is 0 Å². The number of benzene rings is 1. The summed E-state index contributed by atoms with van der Waals surface area (Å²) >= 11 is 0. The van der Waals surface area contributed by atoms with Crippen LogP contribution >= 0.6 is 0 Å². The number of urea groups is 1. The molecule has 0 aliphatic carbocycles. The van der Waals surface area contributed by atoms with Crippen LogP contribution in [0.2, 0.25) is 0 Å². The topological polar surface area (TPSA) is 61.9 Å². The Balaban J connectivity index is 2.54. The number of anilines is 1. The molecule has 146 valence electrons. The van der Waals surface area contributed by atoms with E-state index in [1.807, 2.05) is 30.3 Å². The van der Waals surface area contributed by atoms with Crippen molar-refractivity contribution in [2.45, 2.75) is 40.0 Å². The fourth-order valence-electron chi connectivity index (χ4n) is 2.68. The lowest BCUT2D eigenvalue weighted by Crippen LogP contribution is -2.37. The van der Waals surface area contributed by atoms with Crippen molar-refractivity contribution in [3.8, 4) is 0 Å². The fraction of sp³-hybridized carbons (Fsp3) is 0.600. The second-order valence-electron chi connectivity index (χ2n) is 6.07. The van der Waals surface area contributed by atoms with E-state index in [1.165, 1.54) is 0 Å². The Morgan fingerprint density at radius 3 is 2.23 bits per heavy atom. The van der Waals surface area contributed by atoms with E-state index < -0.39 is 0 Å². The first-order valence-electron chi connectivity index (χ1n) is 9.59. The lowest BCUT2D eigenvalue weighted by molar-refractivity contribution is -0.143. The molecule has 0 bridgehead atoms. The van der Waals surface area contributed by atoms with E-state index in [4.69, 9.17) is 4.74 Å². The Bertz CT molecular complexity index is 518. The Hall–Kier alpha value is -2.08. The minimum atomic E-state index is -0.270. The number of para-hydroxylation sites is 1. The second kappa shape index (κ2) is 13.2. The molecule has 0 saturated heterocycles. The summed E-state index contributed by atoms with van der Waals surface area (Å²) in [4.78, 5) is 28.3. The maximum Gasteiger partial charge on any atom is 0.321 e. The van der Waals surface area contributed by atoms with Gasteiger partial charge in [-0.25, -0.2) is 4.79 Å². The Morgan fingerprint density at radius 1 is 0.962 bits per heavy atom. The average Bonchev–Trinajstić information content (AvgIpc) is 2.65. The van der Waals surface area contributed by atoms with Crippen LogP contribution in [0.4, 0.5) is 10.5 Å². The zero-order valence-corrected chi connectivity index (χ0v) is 16.4. The van der Waals surface area contributed by atoms with E-state index in [0.717, 1.165) is 38.2 Å². The van der Waals surface area contributed by atoms with E-state index in [1.54, 1.807) is 11.8 Å². The van der Waals surface area contributed by atoms with Crippen LogP contribution in [0.3, 0.4) is 0 Å². The van der Waals surface area contributed by atoms with Crippen molar-refractivity contribution < 1.29 is 14.3 Å². The number of amides is 2. The molecule has 0 heterocycles. The van der Waals surface area contributed by atoms with Crippen molar-refractivity contribution in [1.29, 1.82) is 0 Å². The summed E-state index contributed by atoms with van der Waals surface area (Å²) in [6.07, 6.45) is 2.14. The molecule has 0 fully saturated rings. The van der Waals surface area contributed by atoms with Crippen LogP contribution in [0, 0.1) is 0 Å². The van der Waals surface area contributed by atoms with Crippen molar-refractivity contribution in [2.24, 2.45) is 0 Å². The molecule has 1 rings (SSSR count). The number of hydrogen-bond acceptors (Lipinski definition) is 4. The molecule has 6 nitrogen and oxygen atoms in total. The molecule has 0 atom stereocenters. The van der Waals surface area contributed by atoms with Crippen molar-refractivity contribution in [2.75, 3.05) is 44.6 Å². The highest BCUT2D eigenvalue weighted by atomic mass is 16.5. The first-order chi connectivity index (χ1) is 12.6. The largest absolute Gasteiger partial charge is 0.466 e. The third kappa shape index (κ3) is 8.85. The molecule has 2 amide bonds. The van der Waals surface area contributed by atoms with Gasteiger partial charge in [-0.05, 0) is 51.5 Å². The van der Waals surface area contributed by atoms with Crippen LogP contribution in [0.25, 0.3) is 0 Å². The summed E-state index contributed by atoms with van der Waals surface area (Å²) < 4.78 is 4.97. The van der Waals surface area contributed by atoms with Gasteiger partial charge in [-0.3, -0.25) is 4.79 Å². The molecular formula is C20H33N3O3. The second-order valence-corrected chi connectivity index (χ2v) is 6.07. The minimum absolute atomic E-state index is 0.177. The smallest absolute Gasteiger partial charge is 0.321 e. The number of ether oxygens (including phenoxy) is 1. The lowest BCUT2D eigenvalue weighted by Gasteiger charge is -2.24. The molecule has 1 aromatic rings. The molecule has 1 aromatic carbocycles. The van der Waals surface area contributed by atoms with E-state index in [0.29, 0.717) is 19.7 Å². The van der Waals surface area contributed by atoms with Crippen LogP contribution in [0.5, 0.6) is 0 Å². The third-order valence-corrected chi connectivity index (χ3v) is 4.25. The highest BCUT2D eigenvalue weighted by molar-refractivity contribution is 5.89. The summed E-state index contributed by atoms with van der Waals surface area (Å²) in [5.41, 5.74) is 0.752. The number of rotatable bonds is 12. The van der Waals surface area contributed by atoms with Crippen LogP contribution < -0.4 is 5.32 Å². The lowest BCUT2D eigenvalue weighted by atomic mass is 10.2. The van der Waals surface area contributed by atoms with Gasteiger partial charge in [-0.2, -0.15) is 0 Å². The van der Waals surface area contributed by atoms with Gasteiger partial charge >= 0.3 is 12.0 Å². The van der Waals surface area contributed by atoms with Crippen LogP contribution in [-0.4, -0.2) is 61.1 Å². The first-order valence-corrected chi connectivity index (χ1v) is 9.59. The number of carbonyl (C=O) groups is 2. The van der Waals surface area contributed by atoms with Crippen LogP contribution in [-0.2, 0) is 9.53 Å². The first kappa shape index (κ1) is 22.0. The summed E-state index contributed by atoms with van der Waals surface area (Å²) in [5.74, 6) is -0.270. The van der Waals surface area contributed by atoms with Gasteiger partial charge in [0.25, 0.3) is 0 Å². The van der Waals surface area contributed by atoms with Crippen molar-refractivity contribution in [1.82, 2.24) is 9.80 Å². The summed E-state index contributed by atoms with van der Waals surface area (Å²) in [6, 6.07) is 9.18. The molecule has 1 N–H and O–H groups in total. The monoisotopic (exact) mass is 363 g/mol. The third-order valence-electron chi connectivity index (χ3n) is 4.25. The van der Waals surface area contributed by atoms with Gasteiger partial charge in [0.2, 0.25) is 0 Å². The molecule has 0 aliphatic rings. The number of nitrogens with one attached hydrogen (secondary N) is 1. The van der Waals surface area contributed by atoms with Gasteiger partial charge in [0, 0.05) is 18.8 Å². The molecular weight excluding hydrogens is 330 g/mol. The zero-order chi connectivity index (χ0) is 19.2. The van der Waals surface area contributed by atoms with E-state index >= 15 is 0 Å². The Kier molecular flexibility index (Phi) is 11.1. The Morgan fingerprint density at radius 2 is 1.62 bits per heavy atom. The fourth-order valence-corrected chi connectivity index (χ4v) is 2.68. The molecule has 6 heteroatoms. The highest BCUT2D eigenvalue weighted by Gasteiger charge is 2.15. The maximum absolute atomic E-state index is 12.6. The molecule has 0 unspecified atom stereocenters. The molecule has 26 heavy (non-hydrogen) atoms. The van der Waals surface area contributed by atoms with Crippen LogP contribution in [0.1, 0.15) is 40.0 Å². The summed E-state index contributed by atoms with van der Waals surface area (Å²) in [7, 11) is 0. The SMILES string of the molecule is CCOC(=O)CCN(CCCCN(CC)CC)C(=O)Nc1ccccc1. The van der Waals surface area contributed by atoms with E-state index in [9.17, 15) is 9.59 Å². The van der Waals surface area contributed by atoms with Gasteiger partial charge in [0.15, 0.2) is 0 Å². The van der Waals surface area contributed by atoms with Gasteiger partial charge < -0.3 is 19.9 Å². The number of unbranched alkanes of at least 4 members (excludes halogenated alkanes) is 1. The predicted octanol–water partition coefficient (Wildman–Crippen LogP) is 3.60. The van der Waals surface area contributed by atoms with E-state index in [2.05, 4.69) is 24.1 Å². The molecule has 0 radical (unpaired) electrons. The van der Waals surface area contributed by atoms with Gasteiger partial charge in [-0.1, -0.05) is 32.0 Å². The number of carbonyl (C=O) groups excluding carboxylic acids is 2. The molecule has 0 aliphatic heterocycles. The molecule has 0 saturated carbocycles. The number of nitrogens with zero attached hydrogens (tertiary/aromatic N) is 2. The molecule has 0 aromatic heterocycles. The zero-order valence-electron chi connectivity index (χ0n) is 16.4. The standard InChI is InChI=1S/C20H33N3O3/c1-4-22(5-2)15-10-11-16-23(17-14-19(24)26-6-3)20(25)21-18-12-8-7-9-13-18/h7-9,12-13H,4-6,10-11,14-17H2,1-3H3,(H,21,25). The maximum atomic E-state index is 12.6. The number of esters is 1. The molecule has 0 spiro atoms. The number of hydrogen-bond donors (Lipinski definition) is 1. The average molecular weight is 364 g/mol. The van der Waals surface area contributed by atoms with Crippen LogP contribution in [0.15, 0.2) is 30.3 Å². The predicted molar refractivity (Wildman–Crippen MR) is 105 cm³/mol. The van der Waals surface area contributed by atoms with E-state index in [-0.39, 0.29) is 18.4 Å². The summed E-state index contributed by atoms with van der Waals surface area (Å²) in [6.45, 7) is 10.5. The minimum Gasteiger partial charge on any atom is -0.466 e. The van der Waals surface area contributed by atoms with Gasteiger partial charge in [0.1, 0.15) is 0 Å². The Labute approximate surface area is 157 Å². The highest BCUT2D eigenvalue weighted by Crippen LogP contribution is 2.08. The van der Waals surface area contributed by atoms with Crippen molar-refractivity contribution >= 4 is 17.7 Å². The summed E-state index contributed by atoms with van der Waals surface area (Å²) in [5, 5.41) is 2.89. The van der Waals surface area contributed by atoms with Gasteiger partial charge in [0.05, 0.1) is 13.0 Å². The van der Waals surface area contributed by atoms with Gasteiger partial charge in [-0.15, -0.1) is 0 Å². The normalized spacial score (nSPS) is 10.6. The van der Waals surface area contributed by atoms with Crippen molar-refractivity contribution in [3.05, 3.63) is 30.3 Å². The quantitative estimate of drug-likeness (QED) is 0.455.